The number of thioether (sulfide) groups is 1. The number of anilines is 1. The Bertz CT molecular complexity index is 1270. The fraction of sp³-hybridized carbons (Fsp3) is 0.105. The first-order valence-corrected chi connectivity index (χ1v) is 10.5. The Labute approximate surface area is 188 Å². The fourth-order valence-corrected chi connectivity index (χ4v) is 3.59. The Balaban J connectivity index is 1.67. The van der Waals surface area contributed by atoms with Crippen molar-refractivity contribution in [1.82, 2.24) is 29.8 Å². The molecule has 1 amide bonds. The minimum Gasteiger partial charge on any atom is -0.320 e. The van der Waals surface area contributed by atoms with Gasteiger partial charge in [-0.3, -0.25) is 4.79 Å². The highest BCUT2D eigenvalue weighted by Crippen LogP contribution is 2.34. The minimum absolute atomic E-state index is 0.0969. The molecule has 0 saturated carbocycles. The topological polar surface area (TPSA) is 90.5 Å². The first-order chi connectivity index (χ1) is 15.3. The van der Waals surface area contributed by atoms with Crippen molar-refractivity contribution < 1.29 is 18.0 Å². The first kappa shape index (κ1) is 21.8. The lowest BCUT2D eigenvalue weighted by Gasteiger charge is -2.13. The standard InChI is InChI=1S/C19H13ClF3N7OS/c1-32-13-4-2-3-12(8-13)29-16(19(21,22)23)14(10-27-29)18(31)28-11-7-15(20)17(24-9-11)30-25-5-6-26-30/h2-10H,1H3,(H,28,31). The van der Waals surface area contributed by atoms with E-state index >= 15 is 0 Å². The number of amides is 1. The van der Waals surface area contributed by atoms with E-state index in [4.69, 9.17) is 11.6 Å². The highest BCUT2D eigenvalue weighted by molar-refractivity contribution is 7.98. The van der Waals surface area contributed by atoms with Gasteiger partial charge < -0.3 is 5.32 Å². The molecule has 3 heterocycles. The maximum atomic E-state index is 13.9. The summed E-state index contributed by atoms with van der Waals surface area (Å²) in [5.74, 6) is -0.806. The molecule has 13 heteroatoms. The molecule has 0 unspecified atom stereocenters. The second-order valence-electron chi connectivity index (χ2n) is 6.32. The number of rotatable bonds is 5. The van der Waals surface area contributed by atoms with Crippen LogP contribution in [0.5, 0.6) is 0 Å². The van der Waals surface area contributed by atoms with Crippen LogP contribution in [0.25, 0.3) is 11.5 Å². The van der Waals surface area contributed by atoms with Crippen LogP contribution in [-0.2, 0) is 6.18 Å². The Morgan fingerprint density at radius 3 is 2.53 bits per heavy atom. The van der Waals surface area contributed by atoms with E-state index in [-0.39, 0.29) is 22.2 Å². The highest BCUT2D eigenvalue weighted by atomic mass is 35.5. The van der Waals surface area contributed by atoms with Crippen LogP contribution in [-0.4, -0.2) is 41.9 Å². The molecular formula is C19H13ClF3N7OS. The molecule has 4 rings (SSSR count). The van der Waals surface area contributed by atoms with Gasteiger partial charge in [0.2, 0.25) is 0 Å². The molecule has 0 bridgehead atoms. The summed E-state index contributed by atoms with van der Waals surface area (Å²) >= 11 is 7.53. The summed E-state index contributed by atoms with van der Waals surface area (Å²) in [4.78, 5) is 18.7. The van der Waals surface area contributed by atoms with Crippen molar-refractivity contribution in [2.24, 2.45) is 0 Å². The van der Waals surface area contributed by atoms with Gasteiger partial charge in [-0.15, -0.1) is 16.6 Å². The summed E-state index contributed by atoms with van der Waals surface area (Å²) in [6.07, 6.45) is 1.95. The summed E-state index contributed by atoms with van der Waals surface area (Å²) < 4.78 is 42.4. The second-order valence-corrected chi connectivity index (χ2v) is 7.61. The molecule has 0 aliphatic heterocycles. The van der Waals surface area contributed by atoms with E-state index in [0.717, 1.165) is 11.1 Å². The van der Waals surface area contributed by atoms with E-state index in [2.05, 4.69) is 25.6 Å². The number of hydrogen-bond acceptors (Lipinski definition) is 6. The quantitative estimate of drug-likeness (QED) is 0.424. The van der Waals surface area contributed by atoms with E-state index < -0.39 is 23.3 Å². The van der Waals surface area contributed by atoms with Gasteiger partial charge in [-0.2, -0.15) is 28.5 Å². The van der Waals surface area contributed by atoms with Crippen LogP contribution in [0, 0.1) is 0 Å². The molecule has 0 saturated heterocycles. The number of carbonyl (C=O) groups excluding carboxylic acids is 1. The Morgan fingerprint density at radius 1 is 1.12 bits per heavy atom. The highest BCUT2D eigenvalue weighted by Gasteiger charge is 2.40. The first-order valence-electron chi connectivity index (χ1n) is 8.91. The van der Waals surface area contributed by atoms with E-state index in [1.54, 1.807) is 24.5 Å². The number of halogens is 4. The third-order valence-corrected chi connectivity index (χ3v) is 5.27. The molecule has 32 heavy (non-hydrogen) atoms. The molecule has 0 spiro atoms. The molecule has 1 N–H and O–H groups in total. The lowest BCUT2D eigenvalue weighted by molar-refractivity contribution is -0.143. The molecule has 164 valence electrons. The molecule has 0 aliphatic carbocycles. The molecule has 1 aromatic carbocycles. The summed E-state index contributed by atoms with van der Waals surface area (Å²) in [7, 11) is 0. The van der Waals surface area contributed by atoms with Crippen molar-refractivity contribution in [2.75, 3.05) is 11.6 Å². The van der Waals surface area contributed by atoms with Gasteiger partial charge in [0, 0.05) is 4.90 Å². The van der Waals surface area contributed by atoms with Gasteiger partial charge in [0.05, 0.1) is 46.7 Å². The van der Waals surface area contributed by atoms with Crippen molar-refractivity contribution in [3.05, 3.63) is 71.4 Å². The SMILES string of the molecule is CSc1cccc(-n2ncc(C(=O)Nc3cnc(-n4nccn4)c(Cl)c3)c2C(F)(F)F)c1. The van der Waals surface area contributed by atoms with Crippen LogP contribution >= 0.6 is 23.4 Å². The van der Waals surface area contributed by atoms with Gasteiger partial charge >= 0.3 is 6.18 Å². The fourth-order valence-electron chi connectivity index (χ4n) is 2.90. The summed E-state index contributed by atoms with van der Waals surface area (Å²) in [6.45, 7) is 0. The van der Waals surface area contributed by atoms with Crippen molar-refractivity contribution in [1.29, 1.82) is 0 Å². The van der Waals surface area contributed by atoms with Crippen molar-refractivity contribution in [2.45, 2.75) is 11.1 Å². The summed E-state index contributed by atoms with van der Waals surface area (Å²) in [5, 5.41) is 14.1. The predicted octanol–water partition coefficient (Wildman–Crippen LogP) is 4.49. The lowest BCUT2D eigenvalue weighted by atomic mass is 10.2. The summed E-state index contributed by atoms with van der Waals surface area (Å²) in [5.41, 5.74) is -1.55. The largest absolute Gasteiger partial charge is 0.434 e. The van der Waals surface area contributed by atoms with Crippen molar-refractivity contribution in [3.8, 4) is 11.5 Å². The molecule has 0 radical (unpaired) electrons. The Kier molecular flexibility index (Phi) is 5.89. The number of aromatic nitrogens is 6. The van der Waals surface area contributed by atoms with Crippen LogP contribution in [0.3, 0.4) is 0 Å². The second kappa shape index (κ2) is 8.63. The zero-order chi connectivity index (χ0) is 22.9. The van der Waals surface area contributed by atoms with E-state index in [0.29, 0.717) is 4.68 Å². The van der Waals surface area contributed by atoms with Crippen LogP contribution in [0.1, 0.15) is 16.1 Å². The van der Waals surface area contributed by atoms with Crippen LogP contribution < -0.4 is 5.32 Å². The van der Waals surface area contributed by atoms with E-state index in [9.17, 15) is 18.0 Å². The Hall–Kier alpha value is -3.38. The average molecular weight is 480 g/mol. The maximum absolute atomic E-state index is 13.9. The van der Waals surface area contributed by atoms with Gasteiger partial charge in [-0.25, -0.2) is 9.67 Å². The van der Waals surface area contributed by atoms with Gasteiger partial charge in [-0.1, -0.05) is 17.7 Å². The van der Waals surface area contributed by atoms with Crippen molar-refractivity contribution in [3.63, 3.8) is 0 Å². The number of benzene rings is 1. The van der Waals surface area contributed by atoms with Gasteiger partial charge in [-0.05, 0) is 30.5 Å². The third-order valence-electron chi connectivity index (χ3n) is 4.27. The number of carbonyl (C=O) groups is 1. The minimum atomic E-state index is -4.83. The van der Waals surface area contributed by atoms with Gasteiger partial charge in [0.25, 0.3) is 5.91 Å². The smallest absolute Gasteiger partial charge is 0.320 e. The lowest BCUT2D eigenvalue weighted by Crippen LogP contribution is -2.21. The zero-order valence-corrected chi connectivity index (χ0v) is 17.8. The van der Waals surface area contributed by atoms with Crippen LogP contribution in [0.2, 0.25) is 5.02 Å². The average Bonchev–Trinajstić information content (AvgIpc) is 3.44. The molecule has 4 aromatic rings. The molecule has 3 aromatic heterocycles. The predicted molar refractivity (Wildman–Crippen MR) is 112 cm³/mol. The molecule has 0 fully saturated rings. The number of pyridine rings is 1. The van der Waals surface area contributed by atoms with E-state index in [1.165, 1.54) is 47.3 Å². The van der Waals surface area contributed by atoms with Crippen LogP contribution in [0.15, 0.2) is 60.0 Å². The normalized spacial score (nSPS) is 11.5. The third kappa shape index (κ3) is 4.32. The Morgan fingerprint density at radius 2 is 1.88 bits per heavy atom. The maximum Gasteiger partial charge on any atom is 0.434 e. The monoisotopic (exact) mass is 479 g/mol. The number of nitrogens with zero attached hydrogens (tertiary/aromatic N) is 6. The molecule has 0 atom stereocenters. The number of nitrogens with one attached hydrogen (secondary N) is 1. The zero-order valence-electron chi connectivity index (χ0n) is 16.2. The summed E-state index contributed by atoms with van der Waals surface area (Å²) in [6, 6.07) is 7.75. The number of hydrogen-bond donors (Lipinski definition) is 1. The molecular weight excluding hydrogens is 467 g/mol. The van der Waals surface area contributed by atoms with Crippen molar-refractivity contribution >= 4 is 35.0 Å². The van der Waals surface area contributed by atoms with Gasteiger partial charge in [0.15, 0.2) is 11.5 Å². The van der Waals surface area contributed by atoms with Crippen LogP contribution in [0.4, 0.5) is 18.9 Å². The molecule has 0 aliphatic rings. The molecule has 8 nitrogen and oxygen atoms in total. The van der Waals surface area contributed by atoms with Gasteiger partial charge in [0.1, 0.15) is 0 Å². The number of alkyl halides is 3. The van der Waals surface area contributed by atoms with E-state index in [1.807, 2.05) is 0 Å².